The van der Waals surface area contributed by atoms with Crippen molar-refractivity contribution in [2.45, 2.75) is 36.5 Å². The molecule has 0 amide bonds. The molecular formula is C19H26GeO. The molecule has 0 aromatic heterocycles. The van der Waals surface area contributed by atoms with E-state index in [1.54, 1.807) is 6.08 Å². The van der Waals surface area contributed by atoms with Crippen molar-refractivity contribution >= 4 is 13.3 Å². The minimum absolute atomic E-state index is 0.519. The maximum absolute atomic E-state index is 5.79. The standard InChI is InChI=1S/C19H26GeO/c1-5-16-21-19(17-20(6-2,7-3)8-4)15-14-18-12-10-9-11-13-18/h5,9-13,17H,1,6-8,16H2,2-4H3/b19-17-. The zero-order valence-corrected chi connectivity index (χ0v) is 15.6. The van der Waals surface area contributed by atoms with Crippen molar-refractivity contribution < 1.29 is 4.74 Å². The van der Waals surface area contributed by atoms with Gasteiger partial charge in [-0.3, -0.25) is 0 Å². The van der Waals surface area contributed by atoms with Crippen LogP contribution in [0, 0.1) is 11.8 Å². The van der Waals surface area contributed by atoms with E-state index in [-0.39, 0.29) is 0 Å². The fourth-order valence-corrected chi connectivity index (χ4v) is 8.18. The molecule has 112 valence electrons. The summed E-state index contributed by atoms with van der Waals surface area (Å²) in [5, 5.41) is 3.84. The van der Waals surface area contributed by atoms with Gasteiger partial charge in [0, 0.05) is 0 Å². The van der Waals surface area contributed by atoms with Crippen LogP contribution in [0.5, 0.6) is 0 Å². The maximum atomic E-state index is 5.79. The summed E-state index contributed by atoms with van der Waals surface area (Å²) in [6.45, 7) is 11.2. The second kappa shape index (κ2) is 9.52. The molecule has 0 radical (unpaired) electrons. The first-order chi connectivity index (χ1) is 10.2. The molecule has 0 spiro atoms. The van der Waals surface area contributed by atoms with Crippen LogP contribution < -0.4 is 0 Å². The van der Waals surface area contributed by atoms with Crippen molar-refractivity contribution in [3.05, 3.63) is 59.2 Å². The number of hydrogen-bond donors (Lipinski definition) is 0. The molecule has 0 heterocycles. The normalized spacial score (nSPS) is 11.5. The average molecular weight is 343 g/mol. The molecule has 0 saturated heterocycles. The van der Waals surface area contributed by atoms with Crippen LogP contribution in [-0.2, 0) is 4.74 Å². The van der Waals surface area contributed by atoms with Crippen molar-refractivity contribution in [3.63, 3.8) is 0 Å². The summed E-state index contributed by atoms with van der Waals surface area (Å²) in [4.78, 5) is 2.39. The zero-order valence-electron chi connectivity index (χ0n) is 13.5. The Morgan fingerprint density at radius 3 is 2.29 bits per heavy atom. The molecule has 0 fully saturated rings. The Kier molecular flexibility index (Phi) is 8.01. The molecule has 0 bridgehead atoms. The van der Waals surface area contributed by atoms with E-state index in [1.807, 2.05) is 30.3 Å². The van der Waals surface area contributed by atoms with E-state index in [1.165, 1.54) is 15.8 Å². The van der Waals surface area contributed by atoms with Crippen molar-refractivity contribution in [1.82, 2.24) is 0 Å². The van der Waals surface area contributed by atoms with Crippen LogP contribution >= 0.6 is 0 Å². The van der Waals surface area contributed by atoms with Gasteiger partial charge in [-0.15, -0.1) is 0 Å². The second-order valence-corrected chi connectivity index (χ2v) is 15.9. The van der Waals surface area contributed by atoms with E-state index >= 15 is 0 Å². The van der Waals surface area contributed by atoms with E-state index in [0.717, 1.165) is 11.3 Å². The van der Waals surface area contributed by atoms with Gasteiger partial charge < -0.3 is 0 Å². The molecule has 1 aromatic carbocycles. The van der Waals surface area contributed by atoms with Crippen LogP contribution in [0.25, 0.3) is 0 Å². The quantitative estimate of drug-likeness (QED) is 0.287. The summed E-state index contributed by atoms with van der Waals surface area (Å²) in [5.41, 5.74) is 1.02. The van der Waals surface area contributed by atoms with Gasteiger partial charge in [-0.2, -0.15) is 0 Å². The fourth-order valence-electron chi connectivity index (χ4n) is 2.25. The first-order valence-electron chi connectivity index (χ1n) is 7.73. The summed E-state index contributed by atoms with van der Waals surface area (Å²) < 4.78 is 5.79. The summed E-state index contributed by atoms with van der Waals surface area (Å²) >= 11 is -1.94. The molecular weight excluding hydrogens is 317 g/mol. The average Bonchev–Trinajstić information content (AvgIpc) is 2.56. The zero-order chi connectivity index (χ0) is 15.6. The van der Waals surface area contributed by atoms with Gasteiger partial charge in [-0.1, -0.05) is 0 Å². The molecule has 1 nitrogen and oxygen atoms in total. The summed E-state index contributed by atoms with van der Waals surface area (Å²) in [5.74, 6) is 7.26. The topological polar surface area (TPSA) is 9.23 Å². The van der Waals surface area contributed by atoms with Crippen LogP contribution in [0.2, 0.25) is 15.8 Å². The first kappa shape index (κ1) is 17.7. The second-order valence-electron chi connectivity index (χ2n) is 5.15. The molecule has 0 aliphatic rings. The fraction of sp³-hybridized carbons (Fsp3) is 0.368. The number of benzene rings is 1. The first-order valence-corrected chi connectivity index (χ1v) is 13.4. The van der Waals surface area contributed by atoms with Gasteiger partial charge in [-0.05, 0) is 0 Å². The summed E-state index contributed by atoms with van der Waals surface area (Å²) in [7, 11) is 0. The van der Waals surface area contributed by atoms with Crippen LogP contribution in [0.1, 0.15) is 26.3 Å². The molecule has 0 aliphatic heterocycles. The minimum atomic E-state index is -1.94. The molecule has 0 atom stereocenters. The molecule has 0 aliphatic carbocycles. The number of rotatable bonds is 7. The van der Waals surface area contributed by atoms with Gasteiger partial charge in [0.15, 0.2) is 0 Å². The number of hydrogen-bond acceptors (Lipinski definition) is 1. The van der Waals surface area contributed by atoms with Gasteiger partial charge in [0.1, 0.15) is 0 Å². The van der Waals surface area contributed by atoms with Crippen molar-refractivity contribution in [2.75, 3.05) is 6.61 Å². The summed E-state index contributed by atoms with van der Waals surface area (Å²) in [6.07, 6.45) is 1.77. The Bertz CT molecular complexity index is 507. The monoisotopic (exact) mass is 344 g/mol. The van der Waals surface area contributed by atoms with E-state index in [0.29, 0.717) is 6.61 Å². The van der Waals surface area contributed by atoms with Crippen LogP contribution in [0.15, 0.2) is 53.7 Å². The van der Waals surface area contributed by atoms with Crippen molar-refractivity contribution in [3.8, 4) is 11.8 Å². The van der Waals surface area contributed by atoms with E-state index in [2.05, 4.69) is 44.1 Å². The molecule has 1 aromatic rings. The van der Waals surface area contributed by atoms with Crippen LogP contribution in [0.4, 0.5) is 0 Å². The Labute approximate surface area is 132 Å². The van der Waals surface area contributed by atoms with Gasteiger partial charge in [0.05, 0.1) is 0 Å². The number of ether oxygens (including phenoxy) is 1. The molecule has 2 heteroatoms. The predicted molar refractivity (Wildman–Crippen MR) is 94.7 cm³/mol. The molecule has 0 N–H and O–H groups in total. The third-order valence-electron chi connectivity index (χ3n) is 4.01. The van der Waals surface area contributed by atoms with Gasteiger partial charge in [0.2, 0.25) is 0 Å². The van der Waals surface area contributed by atoms with Crippen LogP contribution in [-0.4, -0.2) is 19.9 Å². The Hall–Kier alpha value is -1.40. The molecule has 0 unspecified atom stereocenters. The molecule has 0 saturated carbocycles. The van der Waals surface area contributed by atoms with E-state index in [4.69, 9.17) is 4.74 Å². The molecule has 21 heavy (non-hydrogen) atoms. The van der Waals surface area contributed by atoms with E-state index in [9.17, 15) is 0 Å². The van der Waals surface area contributed by atoms with Gasteiger partial charge in [0.25, 0.3) is 0 Å². The summed E-state index contributed by atoms with van der Waals surface area (Å²) in [6, 6.07) is 10.1. The van der Waals surface area contributed by atoms with Gasteiger partial charge in [-0.25, -0.2) is 0 Å². The van der Waals surface area contributed by atoms with Crippen molar-refractivity contribution in [1.29, 1.82) is 0 Å². The predicted octanol–water partition coefficient (Wildman–Crippen LogP) is 5.17. The molecule has 1 rings (SSSR count). The van der Waals surface area contributed by atoms with E-state index < -0.39 is 13.3 Å². The number of allylic oxidation sites excluding steroid dienone is 1. The Morgan fingerprint density at radius 2 is 1.76 bits per heavy atom. The Morgan fingerprint density at radius 1 is 1.14 bits per heavy atom. The van der Waals surface area contributed by atoms with Crippen LogP contribution in [0.3, 0.4) is 0 Å². The van der Waals surface area contributed by atoms with Crippen molar-refractivity contribution in [2.24, 2.45) is 0 Å². The van der Waals surface area contributed by atoms with Gasteiger partial charge >= 0.3 is 132 Å². The Balaban J connectivity index is 3.05. The SMILES string of the molecule is C=CCO/C(C#Cc1ccccc1)=[CH]\[Ge]([CH2]C)([CH2]C)[CH2]C. The third-order valence-corrected chi connectivity index (χ3v) is 14.7. The third kappa shape index (κ3) is 5.85.